The fourth-order valence-corrected chi connectivity index (χ4v) is 4.84. The third-order valence-corrected chi connectivity index (χ3v) is 6.95. The Morgan fingerprint density at radius 3 is 2.47 bits per heavy atom. The lowest BCUT2D eigenvalue weighted by Gasteiger charge is -2.42. The largest absolute Gasteiger partial charge is 0.369 e. The van der Waals surface area contributed by atoms with Crippen molar-refractivity contribution in [1.82, 2.24) is 20.1 Å². The second kappa shape index (κ2) is 11.6. The number of likely N-dealkylation sites (N-methyl/N-ethyl adjacent to an activating group) is 1. The predicted octanol–water partition coefficient (Wildman–Crippen LogP) is 2.60. The predicted molar refractivity (Wildman–Crippen MR) is 141 cm³/mol. The zero-order chi connectivity index (χ0) is 27.3. The summed E-state index contributed by atoms with van der Waals surface area (Å²) in [6.45, 7) is 1.25. The summed E-state index contributed by atoms with van der Waals surface area (Å²) < 4.78 is 26.9. The van der Waals surface area contributed by atoms with Crippen LogP contribution in [0.1, 0.15) is 24.0 Å². The van der Waals surface area contributed by atoms with Crippen molar-refractivity contribution in [3.05, 3.63) is 77.5 Å². The van der Waals surface area contributed by atoms with Crippen molar-refractivity contribution in [3.8, 4) is 0 Å². The molecule has 8 nitrogen and oxygen atoms in total. The number of nitrogens with zero attached hydrogens (tertiary/aromatic N) is 2. The lowest BCUT2D eigenvalue weighted by Crippen LogP contribution is -2.63. The summed E-state index contributed by atoms with van der Waals surface area (Å²) in [5.41, 5.74) is 6.51. The average molecular weight is 524 g/mol. The van der Waals surface area contributed by atoms with Gasteiger partial charge in [-0.05, 0) is 66.8 Å². The summed E-state index contributed by atoms with van der Waals surface area (Å²) >= 11 is 0. The highest BCUT2D eigenvalue weighted by atomic mass is 19.1. The molecule has 4 rings (SSSR count). The van der Waals surface area contributed by atoms with E-state index in [1.807, 2.05) is 11.1 Å². The molecule has 4 N–H and O–H groups in total. The van der Waals surface area contributed by atoms with E-state index in [1.54, 1.807) is 36.2 Å². The molecule has 1 aromatic heterocycles. The molecule has 1 fully saturated rings. The Morgan fingerprint density at radius 1 is 1.11 bits per heavy atom. The summed E-state index contributed by atoms with van der Waals surface area (Å²) in [5, 5.41) is 3.67. The number of halogens is 2. The molecule has 0 atom stereocenters. The summed E-state index contributed by atoms with van der Waals surface area (Å²) in [6.07, 6.45) is 5.78. The second-order valence-corrected chi connectivity index (χ2v) is 9.68. The van der Waals surface area contributed by atoms with Crippen LogP contribution in [0.4, 0.5) is 8.78 Å². The van der Waals surface area contributed by atoms with E-state index in [4.69, 9.17) is 5.73 Å². The number of primary amides is 1. The molecule has 0 unspecified atom stereocenters. The number of fused-ring (bicyclic) bond motifs is 1. The van der Waals surface area contributed by atoms with Crippen molar-refractivity contribution in [3.63, 3.8) is 0 Å². The van der Waals surface area contributed by atoms with Gasteiger partial charge >= 0.3 is 0 Å². The number of H-pyrrole nitrogens is 1. The molecule has 1 aliphatic heterocycles. The fraction of sp³-hybridized carbons (Fsp3) is 0.321. The number of benzene rings is 2. The number of aromatic amines is 1. The Bertz CT molecular complexity index is 1340. The molecule has 1 aliphatic rings. The van der Waals surface area contributed by atoms with E-state index in [2.05, 4.69) is 10.3 Å². The number of likely N-dealkylation sites (tertiary alicyclic amines) is 1. The van der Waals surface area contributed by atoms with E-state index >= 15 is 0 Å². The third kappa shape index (κ3) is 6.44. The van der Waals surface area contributed by atoms with Crippen LogP contribution in [-0.4, -0.2) is 71.3 Å². The first-order valence-corrected chi connectivity index (χ1v) is 12.4. The number of hydrogen-bond acceptors (Lipinski definition) is 4. The summed E-state index contributed by atoms with van der Waals surface area (Å²) in [4.78, 5) is 44.6. The van der Waals surface area contributed by atoms with Gasteiger partial charge in [-0.1, -0.05) is 12.1 Å². The lowest BCUT2D eigenvalue weighted by molar-refractivity contribution is -0.142. The van der Waals surface area contributed by atoms with Crippen molar-refractivity contribution < 1.29 is 23.2 Å². The molecule has 200 valence electrons. The lowest BCUT2D eigenvalue weighted by atomic mass is 9.85. The van der Waals surface area contributed by atoms with Crippen LogP contribution in [0.2, 0.25) is 0 Å². The first-order valence-electron chi connectivity index (χ1n) is 12.4. The number of nitrogens with two attached hydrogens (primary N) is 1. The van der Waals surface area contributed by atoms with Gasteiger partial charge in [0, 0.05) is 49.9 Å². The maximum atomic E-state index is 13.8. The minimum Gasteiger partial charge on any atom is -0.369 e. The van der Waals surface area contributed by atoms with E-state index in [9.17, 15) is 23.2 Å². The number of piperidine rings is 1. The molecule has 38 heavy (non-hydrogen) atoms. The fourth-order valence-electron chi connectivity index (χ4n) is 4.84. The third-order valence-electron chi connectivity index (χ3n) is 6.95. The van der Waals surface area contributed by atoms with Crippen molar-refractivity contribution in [2.45, 2.75) is 24.8 Å². The van der Waals surface area contributed by atoms with Gasteiger partial charge in [-0.15, -0.1) is 0 Å². The summed E-state index contributed by atoms with van der Waals surface area (Å²) in [5.74, 6) is -1.86. The SMILES string of the molecule is CN(CCc1c[nH]c2ccc(F)cc12)C(=O)C1(NC(=O)C=Cc2ccc(F)cc2)CCN(CC(N)=O)CC1. The smallest absolute Gasteiger partial charge is 0.248 e. The van der Waals surface area contributed by atoms with Crippen molar-refractivity contribution in [2.24, 2.45) is 5.73 Å². The maximum absolute atomic E-state index is 13.8. The van der Waals surface area contributed by atoms with Crippen LogP contribution in [0, 0.1) is 11.6 Å². The first kappa shape index (κ1) is 27.0. The Hall–Kier alpha value is -4.05. The Morgan fingerprint density at radius 2 is 1.79 bits per heavy atom. The van der Waals surface area contributed by atoms with Crippen LogP contribution in [0.3, 0.4) is 0 Å². The van der Waals surface area contributed by atoms with Gasteiger partial charge in [-0.2, -0.15) is 0 Å². The zero-order valence-electron chi connectivity index (χ0n) is 21.2. The normalized spacial score (nSPS) is 15.6. The molecule has 10 heteroatoms. The number of carbonyl (C=O) groups excluding carboxylic acids is 3. The number of hydrogen-bond donors (Lipinski definition) is 3. The Kier molecular flexibility index (Phi) is 8.21. The van der Waals surface area contributed by atoms with Gasteiger partial charge in [-0.25, -0.2) is 8.78 Å². The highest BCUT2D eigenvalue weighted by Gasteiger charge is 2.44. The number of amides is 3. The van der Waals surface area contributed by atoms with Crippen LogP contribution in [0.25, 0.3) is 17.0 Å². The highest BCUT2D eigenvalue weighted by Crippen LogP contribution is 2.26. The maximum Gasteiger partial charge on any atom is 0.248 e. The minimum absolute atomic E-state index is 0.0790. The van der Waals surface area contributed by atoms with Crippen LogP contribution < -0.4 is 11.1 Å². The average Bonchev–Trinajstić information content (AvgIpc) is 3.29. The van der Waals surface area contributed by atoms with Crippen molar-refractivity contribution >= 4 is 34.7 Å². The zero-order valence-corrected chi connectivity index (χ0v) is 21.2. The molecule has 0 radical (unpaired) electrons. The number of aromatic nitrogens is 1. The molecule has 0 bridgehead atoms. The van der Waals surface area contributed by atoms with E-state index < -0.39 is 17.4 Å². The van der Waals surface area contributed by atoms with E-state index in [-0.39, 0.29) is 24.1 Å². The van der Waals surface area contributed by atoms with E-state index in [0.29, 0.717) is 44.5 Å². The topological polar surface area (TPSA) is 112 Å². The van der Waals surface area contributed by atoms with Crippen LogP contribution in [0.5, 0.6) is 0 Å². The van der Waals surface area contributed by atoms with Gasteiger partial charge in [0.2, 0.25) is 17.7 Å². The van der Waals surface area contributed by atoms with E-state index in [0.717, 1.165) is 16.5 Å². The van der Waals surface area contributed by atoms with Crippen LogP contribution in [0.15, 0.2) is 54.7 Å². The van der Waals surface area contributed by atoms with Crippen LogP contribution in [-0.2, 0) is 20.8 Å². The first-order chi connectivity index (χ1) is 18.1. The van der Waals surface area contributed by atoms with E-state index in [1.165, 1.54) is 30.3 Å². The molecule has 0 aliphatic carbocycles. The molecular formula is C28H31F2N5O3. The van der Waals surface area contributed by atoms with Gasteiger partial charge < -0.3 is 20.9 Å². The molecule has 2 aromatic carbocycles. The molecule has 0 spiro atoms. The molecular weight excluding hydrogens is 492 g/mol. The monoisotopic (exact) mass is 523 g/mol. The summed E-state index contributed by atoms with van der Waals surface area (Å²) in [7, 11) is 1.68. The molecule has 1 saturated heterocycles. The van der Waals surface area contributed by atoms with Gasteiger partial charge in [0.1, 0.15) is 17.2 Å². The van der Waals surface area contributed by atoms with Gasteiger partial charge in [0.05, 0.1) is 6.54 Å². The molecule has 3 amide bonds. The molecule has 0 saturated carbocycles. The minimum atomic E-state index is -1.17. The van der Waals surface area contributed by atoms with Crippen LogP contribution >= 0.6 is 0 Å². The quantitative estimate of drug-likeness (QED) is 0.375. The highest BCUT2D eigenvalue weighted by molar-refractivity contribution is 5.97. The molecule has 3 aromatic rings. The number of rotatable bonds is 9. The van der Waals surface area contributed by atoms with Gasteiger partial charge in [-0.3, -0.25) is 19.3 Å². The number of carbonyl (C=O) groups is 3. The Labute approximate surface area is 219 Å². The van der Waals surface area contributed by atoms with Gasteiger partial charge in [0.25, 0.3) is 0 Å². The van der Waals surface area contributed by atoms with Gasteiger partial charge in [0.15, 0.2) is 0 Å². The standard InChI is InChI=1S/C28H31F2N5O3/c1-34(13-10-20-17-32-24-8-7-22(30)16-23(20)24)27(38)28(11-14-35(15-12-28)18-25(31)36)33-26(37)9-4-19-2-5-21(29)6-3-19/h2-9,16-17,32H,10-15,18H2,1H3,(H2,31,36)(H,33,37). The second-order valence-electron chi connectivity index (χ2n) is 9.68. The molecule has 2 heterocycles. The Balaban J connectivity index is 1.47. The van der Waals surface area contributed by atoms with Crippen molar-refractivity contribution in [1.29, 1.82) is 0 Å². The summed E-state index contributed by atoms with van der Waals surface area (Å²) in [6, 6.07) is 10.2. The van der Waals surface area contributed by atoms with Crippen molar-refractivity contribution in [2.75, 3.05) is 33.2 Å². The number of nitrogens with one attached hydrogen (secondary N) is 2.